The standard InChI is InChI=1S/C16H21N3O3/c17-12-10-19(15(20)9-11-5-7-22-8-6-11)14-4-2-1-3-13(14)18-16(12)21/h1-4,11-12H,5-10,17H2,(H,18,21). The van der Waals surface area contributed by atoms with Gasteiger partial charge in [-0.2, -0.15) is 0 Å². The van der Waals surface area contributed by atoms with E-state index < -0.39 is 6.04 Å². The fourth-order valence-electron chi connectivity index (χ4n) is 2.96. The van der Waals surface area contributed by atoms with Gasteiger partial charge in [-0.05, 0) is 30.9 Å². The molecule has 0 bridgehead atoms. The summed E-state index contributed by atoms with van der Waals surface area (Å²) in [4.78, 5) is 26.3. The topological polar surface area (TPSA) is 84.7 Å². The van der Waals surface area contributed by atoms with Crippen LogP contribution in [0.25, 0.3) is 0 Å². The molecule has 6 nitrogen and oxygen atoms in total. The number of ether oxygens (including phenoxy) is 1. The van der Waals surface area contributed by atoms with Crippen molar-refractivity contribution in [2.24, 2.45) is 11.7 Å². The average Bonchev–Trinajstić information content (AvgIpc) is 2.66. The molecule has 0 aromatic heterocycles. The number of fused-ring (bicyclic) bond motifs is 1. The quantitative estimate of drug-likeness (QED) is 0.857. The van der Waals surface area contributed by atoms with Crippen LogP contribution in [0.4, 0.5) is 11.4 Å². The smallest absolute Gasteiger partial charge is 0.243 e. The maximum absolute atomic E-state index is 12.7. The molecular formula is C16H21N3O3. The van der Waals surface area contributed by atoms with E-state index in [0.717, 1.165) is 18.5 Å². The van der Waals surface area contributed by atoms with Crippen LogP contribution in [-0.4, -0.2) is 37.6 Å². The van der Waals surface area contributed by atoms with Crippen molar-refractivity contribution in [1.82, 2.24) is 0 Å². The first-order chi connectivity index (χ1) is 10.6. The lowest BCUT2D eigenvalue weighted by Gasteiger charge is -2.27. The monoisotopic (exact) mass is 303 g/mol. The molecule has 22 heavy (non-hydrogen) atoms. The predicted octanol–water partition coefficient (Wildman–Crippen LogP) is 1.12. The van der Waals surface area contributed by atoms with Crippen LogP contribution >= 0.6 is 0 Å². The highest BCUT2D eigenvalue weighted by Crippen LogP contribution is 2.30. The van der Waals surface area contributed by atoms with Gasteiger partial charge >= 0.3 is 0 Å². The molecule has 1 saturated heterocycles. The van der Waals surface area contributed by atoms with Crippen molar-refractivity contribution in [3.63, 3.8) is 0 Å². The Morgan fingerprint density at radius 3 is 2.82 bits per heavy atom. The van der Waals surface area contributed by atoms with E-state index in [1.165, 1.54) is 0 Å². The summed E-state index contributed by atoms with van der Waals surface area (Å²) in [5.74, 6) is 0.108. The molecule has 6 heteroatoms. The van der Waals surface area contributed by atoms with Crippen LogP contribution in [0.15, 0.2) is 24.3 Å². The molecule has 1 unspecified atom stereocenters. The number of nitrogens with one attached hydrogen (secondary N) is 1. The minimum absolute atomic E-state index is 0.0197. The third kappa shape index (κ3) is 3.13. The molecule has 1 fully saturated rings. The van der Waals surface area contributed by atoms with Gasteiger partial charge in [0.15, 0.2) is 0 Å². The number of anilines is 2. The number of nitrogens with zero attached hydrogens (tertiary/aromatic N) is 1. The molecule has 0 aliphatic carbocycles. The van der Waals surface area contributed by atoms with E-state index in [0.29, 0.717) is 31.2 Å². The Hall–Kier alpha value is -1.92. The Morgan fingerprint density at radius 1 is 1.32 bits per heavy atom. The van der Waals surface area contributed by atoms with Crippen LogP contribution in [0, 0.1) is 5.92 Å². The van der Waals surface area contributed by atoms with Gasteiger partial charge in [0.1, 0.15) is 6.04 Å². The van der Waals surface area contributed by atoms with Gasteiger partial charge in [0, 0.05) is 19.6 Å². The number of carbonyl (C=O) groups excluding carboxylic acids is 2. The normalized spacial score (nSPS) is 22.7. The molecule has 3 rings (SSSR count). The Bertz CT molecular complexity index is 570. The molecule has 118 valence electrons. The van der Waals surface area contributed by atoms with Crippen LogP contribution in [0.5, 0.6) is 0 Å². The van der Waals surface area contributed by atoms with Crippen LogP contribution in [0.1, 0.15) is 19.3 Å². The molecule has 2 aliphatic heterocycles. The van der Waals surface area contributed by atoms with Crippen LogP contribution < -0.4 is 16.0 Å². The van der Waals surface area contributed by atoms with Crippen molar-refractivity contribution < 1.29 is 14.3 Å². The van der Waals surface area contributed by atoms with E-state index in [1.807, 2.05) is 18.2 Å². The minimum atomic E-state index is -0.717. The van der Waals surface area contributed by atoms with Crippen molar-refractivity contribution in [3.05, 3.63) is 24.3 Å². The van der Waals surface area contributed by atoms with Crippen molar-refractivity contribution in [3.8, 4) is 0 Å². The first kappa shape index (κ1) is 15.0. The van der Waals surface area contributed by atoms with Gasteiger partial charge in [0.2, 0.25) is 11.8 Å². The van der Waals surface area contributed by atoms with E-state index in [9.17, 15) is 9.59 Å². The SMILES string of the molecule is NC1CN(C(=O)CC2CCOCC2)c2ccccc2NC1=O. The fraction of sp³-hybridized carbons (Fsp3) is 0.500. The summed E-state index contributed by atoms with van der Waals surface area (Å²) in [6.07, 6.45) is 2.29. The number of amides is 2. The first-order valence-electron chi connectivity index (χ1n) is 7.68. The second-order valence-electron chi connectivity index (χ2n) is 5.88. The highest BCUT2D eigenvalue weighted by molar-refractivity contribution is 6.05. The summed E-state index contributed by atoms with van der Waals surface area (Å²) in [7, 11) is 0. The number of hydrogen-bond acceptors (Lipinski definition) is 4. The number of para-hydroxylation sites is 2. The van der Waals surface area contributed by atoms with E-state index in [1.54, 1.807) is 11.0 Å². The summed E-state index contributed by atoms with van der Waals surface area (Å²) >= 11 is 0. The number of hydrogen-bond donors (Lipinski definition) is 2. The number of nitrogens with two attached hydrogens (primary N) is 1. The fourth-order valence-corrected chi connectivity index (χ4v) is 2.96. The molecule has 1 aromatic carbocycles. The Kier molecular flexibility index (Phi) is 4.40. The third-order valence-corrected chi connectivity index (χ3v) is 4.27. The van der Waals surface area contributed by atoms with E-state index in [2.05, 4.69) is 5.32 Å². The zero-order valence-electron chi connectivity index (χ0n) is 12.5. The lowest BCUT2D eigenvalue weighted by atomic mass is 9.95. The lowest BCUT2D eigenvalue weighted by Crippen LogP contribution is -2.45. The molecule has 2 aliphatic rings. The molecular weight excluding hydrogens is 282 g/mol. The Morgan fingerprint density at radius 2 is 2.05 bits per heavy atom. The molecule has 0 saturated carbocycles. The molecule has 2 amide bonds. The second-order valence-corrected chi connectivity index (χ2v) is 5.88. The summed E-state index contributed by atoms with van der Waals surface area (Å²) in [6, 6.07) is 6.61. The molecule has 3 N–H and O–H groups in total. The van der Waals surface area contributed by atoms with Gasteiger partial charge in [-0.15, -0.1) is 0 Å². The van der Waals surface area contributed by atoms with Crippen LogP contribution in [0.3, 0.4) is 0 Å². The first-order valence-corrected chi connectivity index (χ1v) is 7.68. The van der Waals surface area contributed by atoms with Crippen molar-refractivity contribution in [1.29, 1.82) is 0 Å². The van der Waals surface area contributed by atoms with Gasteiger partial charge < -0.3 is 20.7 Å². The second kappa shape index (κ2) is 6.46. The number of benzene rings is 1. The number of carbonyl (C=O) groups is 2. The summed E-state index contributed by atoms with van der Waals surface area (Å²) in [5, 5.41) is 2.78. The summed E-state index contributed by atoms with van der Waals surface area (Å²) in [6.45, 7) is 1.65. The summed E-state index contributed by atoms with van der Waals surface area (Å²) < 4.78 is 5.33. The van der Waals surface area contributed by atoms with E-state index in [-0.39, 0.29) is 18.4 Å². The Balaban J connectivity index is 1.81. The number of rotatable bonds is 2. The maximum Gasteiger partial charge on any atom is 0.243 e. The third-order valence-electron chi connectivity index (χ3n) is 4.27. The van der Waals surface area contributed by atoms with Gasteiger partial charge in [0.25, 0.3) is 0 Å². The average molecular weight is 303 g/mol. The zero-order chi connectivity index (χ0) is 15.5. The lowest BCUT2D eigenvalue weighted by molar-refractivity contribution is -0.120. The van der Waals surface area contributed by atoms with Crippen LogP contribution in [-0.2, 0) is 14.3 Å². The van der Waals surface area contributed by atoms with Gasteiger partial charge in [-0.3, -0.25) is 9.59 Å². The van der Waals surface area contributed by atoms with Gasteiger partial charge in [-0.25, -0.2) is 0 Å². The molecule has 1 aromatic rings. The summed E-state index contributed by atoms with van der Waals surface area (Å²) in [5.41, 5.74) is 7.26. The molecule has 2 heterocycles. The minimum Gasteiger partial charge on any atom is -0.381 e. The Labute approximate surface area is 129 Å². The largest absolute Gasteiger partial charge is 0.381 e. The molecule has 0 radical (unpaired) electrons. The van der Waals surface area contributed by atoms with E-state index in [4.69, 9.17) is 10.5 Å². The zero-order valence-corrected chi connectivity index (χ0v) is 12.5. The van der Waals surface area contributed by atoms with Crippen molar-refractivity contribution in [2.75, 3.05) is 30.0 Å². The predicted molar refractivity (Wildman–Crippen MR) is 83.6 cm³/mol. The highest BCUT2D eigenvalue weighted by Gasteiger charge is 2.30. The maximum atomic E-state index is 12.7. The highest BCUT2D eigenvalue weighted by atomic mass is 16.5. The molecule has 1 atom stereocenters. The van der Waals surface area contributed by atoms with Crippen molar-refractivity contribution in [2.45, 2.75) is 25.3 Å². The molecule has 0 spiro atoms. The van der Waals surface area contributed by atoms with Crippen LogP contribution in [0.2, 0.25) is 0 Å². The van der Waals surface area contributed by atoms with Crippen molar-refractivity contribution >= 4 is 23.2 Å². The van der Waals surface area contributed by atoms with Gasteiger partial charge in [-0.1, -0.05) is 12.1 Å². The van der Waals surface area contributed by atoms with E-state index >= 15 is 0 Å². The van der Waals surface area contributed by atoms with Gasteiger partial charge in [0.05, 0.1) is 17.9 Å².